The third-order valence-electron chi connectivity index (χ3n) is 5.55. The first kappa shape index (κ1) is 17.7. The largest absolute Gasteiger partial charge is 0.356 e. The molecule has 2 fully saturated rings. The molecule has 1 atom stereocenters. The molecular weight excluding hydrogens is 320 g/mol. The molecule has 0 aromatic carbocycles. The van der Waals surface area contributed by atoms with Crippen LogP contribution in [-0.4, -0.2) is 64.9 Å². The van der Waals surface area contributed by atoms with Gasteiger partial charge in [0, 0.05) is 63.4 Å². The van der Waals surface area contributed by atoms with E-state index in [0.29, 0.717) is 39.0 Å². The average molecular weight is 346 g/mol. The Morgan fingerprint density at radius 3 is 2.88 bits per heavy atom. The summed E-state index contributed by atoms with van der Waals surface area (Å²) in [6.45, 7) is 3.22. The summed E-state index contributed by atoms with van der Waals surface area (Å²) in [6, 6.07) is 5.00. The monoisotopic (exact) mass is 346 g/mol. The van der Waals surface area contributed by atoms with Gasteiger partial charge in [0.2, 0.25) is 11.8 Å². The first-order chi connectivity index (χ1) is 12.0. The first-order valence-electron chi connectivity index (χ1n) is 8.91. The number of likely N-dealkylation sites (N-methyl/N-ethyl adjacent to an activating group) is 1. The van der Waals surface area contributed by atoms with Gasteiger partial charge in [0.25, 0.3) is 5.56 Å². The number of aryl methyl sites for hydroxylation is 1. The Hall–Kier alpha value is -2.15. The molecule has 1 N–H and O–H groups in total. The lowest BCUT2D eigenvalue weighted by molar-refractivity contribution is -0.137. The number of amides is 2. The lowest BCUT2D eigenvalue weighted by Crippen LogP contribution is -2.62. The van der Waals surface area contributed by atoms with Crippen LogP contribution in [0.1, 0.15) is 25.7 Å². The van der Waals surface area contributed by atoms with Crippen molar-refractivity contribution in [1.82, 2.24) is 19.7 Å². The molecule has 1 unspecified atom stereocenters. The molecule has 25 heavy (non-hydrogen) atoms. The zero-order valence-corrected chi connectivity index (χ0v) is 14.7. The van der Waals surface area contributed by atoms with E-state index in [1.807, 2.05) is 4.90 Å². The lowest BCUT2D eigenvalue weighted by Gasteiger charge is -2.49. The zero-order chi connectivity index (χ0) is 17.9. The number of aromatic nitrogens is 1. The summed E-state index contributed by atoms with van der Waals surface area (Å²) in [7, 11) is 2.08. The highest BCUT2D eigenvalue weighted by Crippen LogP contribution is 2.30. The SMILES string of the molecule is CN1CCN(C(=O)CCn2ccccc2=O)CC12CCNC(=O)CC2. The molecule has 2 amide bonds. The standard InChI is InChI=1S/C18H26N4O3/c1-20-12-13-22(14-18(20)7-5-15(23)19-9-8-18)17(25)6-11-21-10-3-2-4-16(21)24/h2-4,10H,5-9,11-14H2,1H3,(H,19,23). The number of carbonyl (C=O) groups excluding carboxylic acids is 2. The quantitative estimate of drug-likeness (QED) is 0.839. The van der Waals surface area contributed by atoms with Gasteiger partial charge in [-0.3, -0.25) is 19.3 Å². The van der Waals surface area contributed by atoms with Crippen LogP contribution in [0.5, 0.6) is 0 Å². The van der Waals surface area contributed by atoms with Crippen LogP contribution in [0.25, 0.3) is 0 Å². The van der Waals surface area contributed by atoms with E-state index in [1.54, 1.807) is 22.9 Å². The highest BCUT2D eigenvalue weighted by Gasteiger charge is 2.41. The van der Waals surface area contributed by atoms with Crippen LogP contribution < -0.4 is 10.9 Å². The van der Waals surface area contributed by atoms with Crippen LogP contribution in [0, 0.1) is 0 Å². The number of pyridine rings is 1. The molecule has 136 valence electrons. The van der Waals surface area contributed by atoms with Crippen molar-refractivity contribution in [1.29, 1.82) is 0 Å². The van der Waals surface area contributed by atoms with Gasteiger partial charge in [0.05, 0.1) is 0 Å². The molecule has 0 aliphatic carbocycles. The summed E-state index contributed by atoms with van der Waals surface area (Å²) in [4.78, 5) is 40.3. The third-order valence-corrected chi connectivity index (χ3v) is 5.55. The Bertz CT molecular complexity index is 702. The minimum atomic E-state index is -0.128. The molecule has 0 bridgehead atoms. The lowest BCUT2D eigenvalue weighted by atomic mass is 9.86. The van der Waals surface area contributed by atoms with Crippen molar-refractivity contribution in [3.05, 3.63) is 34.7 Å². The van der Waals surface area contributed by atoms with Crippen molar-refractivity contribution in [2.75, 3.05) is 33.2 Å². The summed E-state index contributed by atoms with van der Waals surface area (Å²) >= 11 is 0. The fourth-order valence-electron chi connectivity index (χ4n) is 3.83. The van der Waals surface area contributed by atoms with Crippen molar-refractivity contribution in [2.24, 2.45) is 0 Å². The van der Waals surface area contributed by atoms with Gasteiger partial charge in [0.15, 0.2) is 0 Å². The Labute approximate surface area is 147 Å². The van der Waals surface area contributed by atoms with E-state index in [4.69, 9.17) is 0 Å². The molecule has 2 saturated heterocycles. The maximum atomic E-state index is 12.7. The molecule has 1 aromatic heterocycles. The van der Waals surface area contributed by atoms with Crippen molar-refractivity contribution in [3.8, 4) is 0 Å². The van der Waals surface area contributed by atoms with Gasteiger partial charge in [-0.15, -0.1) is 0 Å². The van der Waals surface area contributed by atoms with Crippen LogP contribution in [0.3, 0.4) is 0 Å². The van der Waals surface area contributed by atoms with Crippen molar-refractivity contribution in [2.45, 2.75) is 37.8 Å². The molecule has 3 rings (SSSR count). The zero-order valence-electron chi connectivity index (χ0n) is 14.7. The maximum Gasteiger partial charge on any atom is 0.250 e. The topological polar surface area (TPSA) is 74.7 Å². The summed E-state index contributed by atoms with van der Waals surface area (Å²) in [5, 5.41) is 2.93. The predicted molar refractivity (Wildman–Crippen MR) is 94.1 cm³/mol. The van der Waals surface area contributed by atoms with Crippen LogP contribution in [-0.2, 0) is 16.1 Å². The Morgan fingerprint density at radius 2 is 2.08 bits per heavy atom. The average Bonchev–Trinajstić information content (AvgIpc) is 2.79. The number of nitrogens with zero attached hydrogens (tertiary/aromatic N) is 3. The second-order valence-electron chi connectivity index (χ2n) is 7.04. The van der Waals surface area contributed by atoms with Gasteiger partial charge in [0.1, 0.15) is 0 Å². The molecule has 0 radical (unpaired) electrons. The van der Waals surface area contributed by atoms with Gasteiger partial charge >= 0.3 is 0 Å². The molecule has 7 nitrogen and oxygen atoms in total. The molecule has 2 aliphatic heterocycles. The van der Waals surface area contributed by atoms with Crippen LogP contribution in [0.4, 0.5) is 0 Å². The second kappa shape index (κ2) is 7.39. The van der Waals surface area contributed by atoms with E-state index in [2.05, 4.69) is 17.3 Å². The first-order valence-corrected chi connectivity index (χ1v) is 8.91. The van der Waals surface area contributed by atoms with Crippen LogP contribution in [0.15, 0.2) is 29.2 Å². The number of hydrogen-bond acceptors (Lipinski definition) is 4. The number of piperazine rings is 1. The highest BCUT2D eigenvalue weighted by atomic mass is 16.2. The Balaban J connectivity index is 1.64. The smallest absolute Gasteiger partial charge is 0.250 e. The number of rotatable bonds is 3. The van der Waals surface area contributed by atoms with Crippen molar-refractivity contribution in [3.63, 3.8) is 0 Å². The minimum Gasteiger partial charge on any atom is -0.356 e. The van der Waals surface area contributed by atoms with Gasteiger partial charge in [-0.25, -0.2) is 0 Å². The van der Waals surface area contributed by atoms with E-state index in [1.165, 1.54) is 6.07 Å². The third kappa shape index (κ3) is 3.92. The molecule has 3 heterocycles. The Kier molecular flexibility index (Phi) is 5.22. The van der Waals surface area contributed by atoms with Crippen LogP contribution >= 0.6 is 0 Å². The van der Waals surface area contributed by atoms with Gasteiger partial charge in [-0.2, -0.15) is 0 Å². The molecule has 0 saturated carbocycles. The fourth-order valence-corrected chi connectivity index (χ4v) is 3.83. The van der Waals surface area contributed by atoms with E-state index in [9.17, 15) is 14.4 Å². The van der Waals surface area contributed by atoms with E-state index in [0.717, 1.165) is 19.4 Å². The summed E-state index contributed by atoms with van der Waals surface area (Å²) in [5.74, 6) is 0.170. The number of nitrogens with one attached hydrogen (secondary N) is 1. The van der Waals surface area contributed by atoms with E-state index >= 15 is 0 Å². The maximum absolute atomic E-state index is 12.7. The minimum absolute atomic E-state index is 0.0757. The summed E-state index contributed by atoms with van der Waals surface area (Å²) < 4.78 is 1.57. The Morgan fingerprint density at radius 1 is 1.24 bits per heavy atom. The van der Waals surface area contributed by atoms with Gasteiger partial charge in [-0.05, 0) is 26.0 Å². The molecule has 1 aromatic rings. The summed E-state index contributed by atoms with van der Waals surface area (Å²) in [5.41, 5.74) is -0.213. The second-order valence-corrected chi connectivity index (χ2v) is 7.04. The van der Waals surface area contributed by atoms with Gasteiger partial charge in [-0.1, -0.05) is 6.07 Å². The number of carbonyl (C=O) groups is 2. The van der Waals surface area contributed by atoms with Crippen molar-refractivity contribution >= 4 is 11.8 Å². The highest BCUT2D eigenvalue weighted by molar-refractivity contribution is 5.77. The molecule has 1 spiro atoms. The molecule has 7 heteroatoms. The van der Waals surface area contributed by atoms with Crippen molar-refractivity contribution < 1.29 is 9.59 Å². The van der Waals surface area contributed by atoms with E-state index < -0.39 is 0 Å². The normalized spacial score (nSPS) is 24.8. The van der Waals surface area contributed by atoms with Crippen LogP contribution in [0.2, 0.25) is 0 Å². The van der Waals surface area contributed by atoms with E-state index in [-0.39, 0.29) is 22.9 Å². The molecule has 2 aliphatic rings. The summed E-state index contributed by atoms with van der Waals surface area (Å²) in [6.07, 6.45) is 4.17. The number of hydrogen-bond donors (Lipinski definition) is 1. The predicted octanol–water partition coefficient (Wildman–Crippen LogP) is 0.0513. The molecular formula is C18H26N4O3. The van der Waals surface area contributed by atoms with Gasteiger partial charge < -0.3 is 14.8 Å². The fraction of sp³-hybridized carbons (Fsp3) is 0.611.